The summed E-state index contributed by atoms with van der Waals surface area (Å²) < 4.78 is 0. The predicted molar refractivity (Wildman–Crippen MR) is 118 cm³/mol. The number of thiophene rings is 1. The van der Waals surface area contributed by atoms with E-state index in [-0.39, 0.29) is 11.2 Å². The number of ketones is 1. The summed E-state index contributed by atoms with van der Waals surface area (Å²) in [5.74, 6) is -0.0499. The molecule has 1 aliphatic heterocycles. The van der Waals surface area contributed by atoms with Crippen molar-refractivity contribution in [3.8, 4) is 6.07 Å². The third-order valence-corrected chi connectivity index (χ3v) is 7.05. The second-order valence-electron chi connectivity index (χ2n) is 8.09. The van der Waals surface area contributed by atoms with E-state index in [4.69, 9.17) is 28.9 Å². The lowest BCUT2D eigenvalue weighted by molar-refractivity contribution is -0.118. The average molecular weight is 444 g/mol. The van der Waals surface area contributed by atoms with Crippen molar-refractivity contribution in [1.29, 1.82) is 5.26 Å². The van der Waals surface area contributed by atoms with E-state index in [2.05, 4.69) is 19.9 Å². The van der Waals surface area contributed by atoms with Crippen LogP contribution in [0.25, 0.3) is 0 Å². The van der Waals surface area contributed by atoms with E-state index in [9.17, 15) is 10.1 Å². The number of benzene rings is 1. The lowest BCUT2D eigenvalue weighted by Crippen LogP contribution is -2.42. The van der Waals surface area contributed by atoms with Crippen LogP contribution in [0.3, 0.4) is 0 Å². The third kappa shape index (κ3) is 3.36. The fourth-order valence-corrected chi connectivity index (χ4v) is 5.30. The van der Waals surface area contributed by atoms with Crippen molar-refractivity contribution in [2.24, 2.45) is 11.1 Å². The van der Waals surface area contributed by atoms with Gasteiger partial charge in [-0.15, -0.1) is 11.3 Å². The minimum absolute atomic E-state index is 0.0555. The van der Waals surface area contributed by atoms with E-state index in [1.807, 2.05) is 17.5 Å². The van der Waals surface area contributed by atoms with E-state index in [0.29, 0.717) is 45.5 Å². The Morgan fingerprint density at radius 2 is 2.00 bits per heavy atom. The molecule has 2 heterocycles. The van der Waals surface area contributed by atoms with E-state index < -0.39 is 5.92 Å². The molecule has 1 aromatic carbocycles. The van der Waals surface area contributed by atoms with Gasteiger partial charge in [0.05, 0.1) is 27.6 Å². The average Bonchev–Trinajstić information content (AvgIpc) is 3.16. The zero-order valence-corrected chi connectivity index (χ0v) is 18.3. The van der Waals surface area contributed by atoms with E-state index >= 15 is 0 Å². The van der Waals surface area contributed by atoms with Gasteiger partial charge in [-0.3, -0.25) is 9.69 Å². The van der Waals surface area contributed by atoms with Gasteiger partial charge in [0, 0.05) is 28.3 Å². The molecule has 1 atom stereocenters. The van der Waals surface area contributed by atoms with Crippen molar-refractivity contribution in [2.45, 2.75) is 32.6 Å². The Kier molecular flexibility index (Phi) is 4.98. The standard InChI is InChI=1S/C22H19Cl2N3OS/c1-22(2)9-16-20(17(28)10-22)19(18-4-3-7-29-18)13(11-25)21(26)27(16)12-5-6-14(23)15(24)8-12/h3-8,19H,9-10,26H2,1-2H3. The van der Waals surface area contributed by atoms with Gasteiger partial charge in [-0.2, -0.15) is 5.26 Å². The van der Waals surface area contributed by atoms with Crippen LogP contribution in [0.4, 0.5) is 5.69 Å². The Morgan fingerprint density at radius 3 is 2.62 bits per heavy atom. The highest BCUT2D eigenvalue weighted by Gasteiger charge is 2.45. The molecule has 0 amide bonds. The number of nitrogens with zero attached hydrogens (tertiary/aromatic N) is 2. The summed E-state index contributed by atoms with van der Waals surface area (Å²) in [4.78, 5) is 16.1. The maximum absolute atomic E-state index is 13.3. The number of Topliss-reactive ketones (excluding diaryl/α,β-unsaturated/α-hetero) is 1. The van der Waals surface area contributed by atoms with Gasteiger partial charge in [0.1, 0.15) is 5.82 Å². The molecule has 1 unspecified atom stereocenters. The number of halogens is 2. The smallest absolute Gasteiger partial charge is 0.162 e. The number of nitrogens with two attached hydrogens (primary N) is 1. The Bertz CT molecular complexity index is 1110. The third-order valence-electron chi connectivity index (χ3n) is 5.37. The lowest BCUT2D eigenvalue weighted by Gasteiger charge is -2.43. The van der Waals surface area contributed by atoms with Crippen LogP contribution in [-0.4, -0.2) is 5.78 Å². The van der Waals surface area contributed by atoms with Crippen molar-refractivity contribution in [2.75, 3.05) is 4.90 Å². The molecule has 0 saturated heterocycles. The van der Waals surface area contributed by atoms with Crippen molar-refractivity contribution < 1.29 is 4.79 Å². The molecule has 4 rings (SSSR count). The molecule has 2 N–H and O–H groups in total. The fraction of sp³-hybridized carbons (Fsp3) is 0.273. The van der Waals surface area contributed by atoms with Crippen molar-refractivity contribution in [1.82, 2.24) is 0 Å². The number of allylic oxidation sites excluding steroid dienone is 3. The summed E-state index contributed by atoms with van der Waals surface area (Å²) in [6.45, 7) is 4.14. The Hall–Kier alpha value is -2.26. The minimum atomic E-state index is -0.433. The molecular weight excluding hydrogens is 425 g/mol. The van der Waals surface area contributed by atoms with E-state index in [1.54, 1.807) is 23.1 Å². The number of nitriles is 1. The Morgan fingerprint density at radius 1 is 1.24 bits per heavy atom. The molecule has 2 aromatic rings. The normalized spacial score (nSPS) is 21.3. The quantitative estimate of drug-likeness (QED) is 0.617. The first-order valence-electron chi connectivity index (χ1n) is 9.18. The van der Waals surface area contributed by atoms with Crippen LogP contribution < -0.4 is 10.6 Å². The van der Waals surface area contributed by atoms with Crippen LogP contribution in [0.5, 0.6) is 0 Å². The van der Waals surface area contributed by atoms with Gasteiger partial charge in [-0.1, -0.05) is 43.1 Å². The summed E-state index contributed by atoms with van der Waals surface area (Å²) in [7, 11) is 0. The molecule has 4 nitrogen and oxygen atoms in total. The molecule has 0 bridgehead atoms. The fourth-order valence-electron chi connectivity index (χ4n) is 4.17. The Labute approximate surface area is 183 Å². The van der Waals surface area contributed by atoms with Crippen LogP contribution in [0, 0.1) is 16.7 Å². The minimum Gasteiger partial charge on any atom is -0.384 e. The summed E-state index contributed by atoms with van der Waals surface area (Å²) >= 11 is 13.9. The summed E-state index contributed by atoms with van der Waals surface area (Å²) in [6.07, 6.45) is 1.09. The molecule has 1 aliphatic carbocycles. The number of carbonyl (C=O) groups is 1. The van der Waals surface area contributed by atoms with E-state index in [0.717, 1.165) is 10.6 Å². The van der Waals surface area contributed by atoms with Crippen molar-refractivity contribution in [3.05, 3.63) is 73.3 Å². The molecule has 1 aromatic heterocycles. The van der Waals surface area contributed by atoms with Crippen LogP contribution in [-0.2, 0) is 4.79 Å². The van der Waals surface area contributed by atoms with Gasteiger partial charge in [0.25, 0.3) is 0 Å². The largest absolute Gasteiger partial charge is 0.384 e. The highest BCUT2D eigenvalue weighted by atomic mass is 35.5. The molecule has 0 radical (unpaired) electrons. The van der Waals surface area contributed by atoms with Gasteiger partial charge >= 0.3 is 0 Å². The van der Waals surface area contributed by atoms with E-state index in [1.165, 1.54) is 11.3 Å². The zero-order valence-electron chi connectivity index (χ0n) is 16.0. The van der Waals surface area contributed by atoms with Gasteiger partial charge < -0.3 is 5.73 Å². The molecule has 0 saturated carbocycles. The first kappa shape index (κ1) is 20.0. The predicted octanol–water partition coefficient (Wildman–Crippen LogP) is 6.00. The highest BCUT2D eigenvalue weighted by Crippen LogP contribution is 2.51. The topological polar surface area (TPSA) is 70.1 Å². The Balaban J connectivity index is 2.00. The monoisotopic (exact) mass is 443 g/mol. The molecule has 148 valence electrons. The van der Waals surface area contributed by atoms with Crippen LogP contribution >= 0.6 is 34.5 Å². The van der Waals surface area contributed by atoms with Gasteiger partial charge in [-0.25, -0.2) is 0 Å². The first-order valence-corrected chi connectivity index (χ1v) is 10.8. The van der Waals surface area contributed by atoms with Gasteiger partial charge in [-0.05, 0) is 41.5 Å². The maximum atomic E-state index is 13.3. The summed E-state index contributed by atoms with van der Waals surface area (Å²) in [5.41, 5.74) is 8.90. The number of anilines is 1. The van der Waals surface area contributed by atoms with Crippen LogP contribution in [0.2, 0.25) is 10.0 Å². The van der Waals surface area contributed by atoms with Crippen LogP contribution in [0.1, 0.15) is 37.5 Å². The number of carbonyl (C=O) groups excluding carboxylic acids is 1. The lowest BCUT2D eigenvalue weighted by atomic mass is 9.69. The summed E-state index contributed by atoms with van der Waals surface area (Å²) in [5, 5.41) is 12.8. The summed E-state index contributed by atoms with van der Waals surface area (Å²) in [6, 6.07) is 11.4. The van der Waals surface area contributed by atoms with Crippen molar-refractivity contribution in [3.63, 3.8) is 0 Å². The maximum Gasteiger partial charge on any atom is 0.162 e. The van der Waals surface area contributed by atoms with Gasteiger partial charge in [0.15, 0.2) is 5.78 Å². The molecular formula is C22H19Cl2N3OS. The second-order valence-corrected chi connectivity index (χ2v) is 9.89. The molecule has 0 fully saturated rings. The van der Waals surface area contributed by atoms with Crippen LogP contribution in [0.15, 0.2) is 58.4 Å². The molecule has 2 aliphatic rings. The molecule has 29 heavy (non-hydrogen) atoms. The molecule has 7 heteroatoms. The second kappa shape index (κ2) is 7.21. The number of hydrogen-bond acceptors (Lipinski definition) is 5. The zero-order chi connectivity index (χ0) is 20.9. The van der Waals surface area contributed by atoms with Crippen molar-refractivity contribution >= 4 is 46.0 Å². The van der Waals surface area contributed by atoms with Gasteiger partial charge in [0.2, 0.25) is 0 Å². The number of rotatable bonds is 2. The number of hydrogen-bond donors (Lipinski definition) is 1. The molecule has 0 spiro atoms. The SMILES string of the molecule is CC1(C)CC(=O)C2=C(C1)N(c1ccc(Cl)c(Cl)c1)C(N)=C(C#N)C2c1cccs1. The highest BCUT2D eigenvalue weighted by molar-refractivity contribution is 7.10. The first-order chi connectivity index (χ1) is 13.7.